The van der Waals surface area contributed by atoms with Gasteiger partial charge in [-0.2, -0.15) is 0 Å². The lowest BCUT2D eigenvalue weighted by molar-refractivity contribution is 0.00177. The summed E-state index contributed by atoms with van der Waals surface area (Å²) in [7, 11) is 3.34. The van der Waals surface area contributed by atoms with Crippen molar-refractivity contribution in [3.8, 4) is 5.75 Å². The van der Waals surface area contributed by atoms with Gasteiger partial charge in [0.2, 0.25) is 0 Å². The molecule has 0 atom stereocenters. The van der Waals surface area contributed by atoms with Gasteiger partial charge in [-0.1, -0.05) is 36.4 Å². The van der Waals surface area contributed by atoms with Crippen molar-refractivity contribution in [2.45, 2.75) is 25.0 Å². The van der Waals surface area contributed by atoms with Crippen LogP contribution in [0.5, 0.6) is 5.75 Å². The fourth-order valence-corrected chi connectivity index (χ4v) is 3.23. The van der Waals surface area contributed by atoms with E-state index in [0.717, 1.165) is 24.2 Å². The molecule has 2 amide bonds. The van der Waals surface area contributed by atoms with Gasteiger partial charge in [0.15, 0.2) is 0 Å². The maximum absolute atomic E-state index is 12.1. The van der Waals surface area contributed by atoms with Gasteiger partial charge < -0.3 is 20.1 Å². The lowest BCUT2D eigenvalue weighted by atomic mass is 10.0. The molecule has 0 fully saturated rings. The van der Waals surface area contributed by atoms with E-state index in [4.69, 9.17) is 9.47 Å². The molecule has 1 aliphatic rings. The average molecular weight is 340 g/mol. The molecule has 0 bridgehead atoms. The maximum Gasteiger partial charge on any atom is 0.315 e. The molecule has 1 aliphatic carbocycles. The third kappa shape index (κ3) is 4.12. The normalized spacial score (nSPS) is 14.6. The van der Waals surface area contributed by atoms with Crippen molar-refractivity contribution >= 4 is 6.03 Å². The van der Waals surface area contributed by atoms with E-state index in [9.17, 15) is 4.79 Å². The predicted molar refractivity (Wildman–Crippen MR) is 96.8 cm³/mol. The Morgan fingerprint density at radius 2 is 1.64 bits per heavy atom. The van der Waals surface area contributed by atoms with Crippen LogP contribution >= 0.6 is 0 Å². The van der Waals surface area contributed by atoms with Gasteiger partial charge in [-0.05, 0) is 28.8 Å². The van der Waals surface area contributed by atoms with Gasteiger partial charge in [-0.25, -0.2) is 4.79 Å². The van der Waals surface area contributed by atoms with E-state index in [1.807, 2.05) is 36.4 Å². The molecular weight excluding hydrogens is 316 g/mol. The van der Waals surface area contributed by atoms with Crippen molar-refractivity contribution < 1.29 is 14.3 Å². The smallest absolute Gasteiger partial charge is 0.315 e. The molecule has 0 unspecified atom stereocenters. The summed E-state index contributed by atoms with van der Waals surface area (Å²) >= 11 is 0. The van der Waals surface area contributed by atoms with E-state index in [-0.39, 0.29) is 11.6 Å². The SMILES string of the molecule is COc1ccc(CNC(=O)NCC2(OC)Cc3ccccc3C2)cc1. The first kappa shape index (κ1) is 17.3. The number of nitrogens with one attached hydrogen (secondary N) is 2. The number of urea groups is 1. The highest BCUT2D eigenvalue weighted by Gasteiger charge is 2.37. The van der Waals surface area contributed by atoms with Gasteiger partial charge in [-0.15, -0.1) is 0 Å². The Bertz CT molecular complexity index is 703. The third-order valence-electron chi connectivity index (χ3n) is 4.76. The molecule has 0 radical (unpaired) electrons. The number of benzene rings is 2. The number of hydrogen-bond donors (Lipinski definition) is 2. The van der Waals surface area contributed by atoms with E-state index in [0.29, 0.717) is 13.1 Å². The van der Waals surface area contributed by atoms with Crippen LogP contribution in [0.2, 0.25) is 0 Å². The zero-order valence-electron chi connectivity index (χ0n) is 14.7. The molecular formula is C20H24N2O3. The second kappa shape index (κ2) is 7.57. The van der Waals surface area contributed by atoms with Gasteiger partial charge in [0.1, 0.15) is 5.75 Å². The van der Waals surface area contributed by atoms with Crippen LogP contribution in [-0.4, -0.2) is 32.4 Å². The highest BCUT2D eigenvalue weighted by atomic mass is 16.5. The fraction of sp³-hybridized carbons (Fsp3) is 0.350. The Morgan fingerprint density at radius 3 is 2.20 bits per heavy atom. The van der Waals surface area contributed by atoms with Crippen LogP contribution in [0.15, 0.2) is 48.5 Å². The number of methoxy groups -OCH3 is 2. The molecule has 3 rings (SSSR count). The van der Waals surface area contributed by atoms with Gasteiger partial charge in [0.05, 0.1) is 12.7 Å². The molecule has 2 N–H and O–H groups in total. The molecule has 5 heteroatoms. The number of ether oxygens (including phenoxy) is 2. The zero-order valence-corrected chi connectivity index (χ0v) is 14.7. The van der Waals surface area contributed by atoms with Crippen LogP contribution in [0.3, 0.4) is 0 Å². The van der Waals surface area contributed by atoms with E-state index in [2.05, 4.69) is 22.8 Å². The van der Waals surface area contributed by atoms with Gasteiger partial charge in [0.25, 0.3) is 0 Å². The number of rotatable bonds is 6. The molecule has 0 heterocycles. The molecule has 0 spiro atoms. The van der Waals surface area contributed by atoms with Crippen molar-refractivity contribution in [3.63, 3.8) is 0 Å². The minimum Gasteiger partial charge on any atom is -0.497 e. The average Bonchev–Trinajstić information content (AvgIpc) is 3.04. The van der Waals surface area contributed by atoms with E-state index < -0.39 is 0 Å². The summed E-state index contributed by atoms with van der Waals surface area (Å²) in [5, 5.41) is 5.82. The monoisotopic (exact) mass is 340 g/mol. The van der Waals surface area contributed by atoms with Crippen LogP contribution in [-0.2, 0) is 24.1 Å². The second-order valence-corrected chi connectivity index (χ2v) is 6.39. The number of fused-ring (bicyclic) bond motifs is 1. The lowest BCUT2D eigenvalue weighted by Gasteiger charge is -2.27. The predicted octanol–water partition coefficient (Wildman–Crippen LogP) is 2.68. The van der Waals surface area contributed by atoms with Crippen LogP contribution in [0.1, 0.15) is 16.7 Å². The van der Waals surface area contributed by atoms with Crippen LogP contribution in [0, 0.1) is 0 Å². The first-order chi connectivity index (χ1) is 12.1. The Kier molecular flexibility index (Phi) is 5.24. The second-order valence-electron chi connectivity index (χ2n) is 6.39. The van der Waals surface area contributed by atoms with Crippen molar-refractivity contribution in [1.29, 1.82) is 0 Å². The molecule has 132 valence electrons. The Hall–Kier alpha value is -2.53. The van der Waals surface area contributed by atoms with Crippen molar-refractivity contribution in [1.82, 2.24) is 10.6 Å². The number of carbonyl (C=O) groups is 1. The van der Waals surface area contributed by atoms with Gasteiger partial charge >= 0.3 is 6.03 Å². The number of carbonyl (C=O) groups excluding carboxylic acids is 1. The Labute approximate surface area is 148 Å². The van der Waals surface area contributed by atoms with E-state index in [1.54, 1.807) is 14.2 Å². The van der Waals surface area contributed by atoms with Crippen LogP contribution in [0.25, 0.3) is 0 Å². The van der Waals surface area contributed by atoms with Gasteiger partial charge in [0, 0.05) is 33.0 Å². The first-order valence-electron chi connectivity index (χ1n) is 8.41. The summed E-state index contributed by atoms with van der Waals surface area (Å²) in [5.74, 6) is 0.802. The topological polar surface area (TPSA) is 59.6 Å². The minimum atomic E-state index is -0.360. The summed E-state index contributed by atoms with van der Waals surface area (Å²) in [6, 6.07) is 15.8. The molecule has 2 aromatic carbocycles. The molecule has 0 saturated heterocycles. The fourth-order valence-electron chi connectivity index (χ4n) is 3.23. The number of hydrogen-bond acceptors (Lipinski definition) is 3. The van der Waals surface area contributed by atoms with Crippen LogP contribution < -0.4 is 15.4 Å². The van der Waals surface area contributed by atoms with Gasteiger partial charge in [-0.3, -0.25) is 0 Å². The molecule has 0 aliphatic heterocycles. The van der Waals surface area contributed by atoms with E-state index in [1.165, 1.54) is 11.1 Å². The van der Waals surface area contributed by atoms with E-state index >= 15 is 0 Å². The minimum absolute atomic E-state index is 0.191. The summed E-state index contributed by atoms with van der Waals surface area (Å²) in [6.45, 7) is 0.947. The van der Waals surface area contributed by atoms with Crippen molar-refractivity contribution in [2.75, 3.05) is 20.8 Å². The summed E-state index contributed by atoms with van der Waals surface area (Å²) in [6.07, 6.45) is 1.64. The molecule has 0 aromatic heterocycles. The van der Waals surface area contributed by atoms with Crippen molar-refractivity contribution in [3.05, 3.63) is 65.2 Å². The third-order valence-corrected chi connectivity index (χ3v) is 4.76. The molecule has 2 aromatic rings. The Morgan fingerprint density at radius 1 is 1.00 bits per heavy atom. The summed E-state index contributed by atoms with van der Waals surface area (Å²) in [5.41, 5.74) is 3.25. The quantitative estimate of drug-likeness (QED) is 0.850. The zero-order chi connectivity index (χ0) is 17.7. The molecule has 0 saturated carbocycles. The van der Waals surface area contributed by atoms with Crippen molar-refractivity contribution in [2.24, 2.45) is 0 Å². The summed E-state index contributed by atoms with van der Waals surface area (Å²) in [4.78, 5) is 12.1. The lowest BCUT2D eigenvalue weighted by Crippen LogP contribution is -2.48. The number of amides is 2. The largest absolute Gasteiger partial charge is 0.497 e. The van der Waals surface area contributed by atoms with Crippen LogP contribution in [0.4, 0.5) is 4.79 Å². The maximum atomic E-state index is 12.1. The molecule has 5 nitrogen and oxygen atoms in total. The summed E-state index contributed by atoms with van der Waals surface area (Å²) < 4.78 is 10.9. The molecule has 25 heavy (non-hydrogen) atoms. The first-order valence-corrected chi connectivity index (χ1v) is 8.41. The highest BCUT2D eigenvalue weighted by Crippen LogP contribution is 2.32. The Balaban J connectivity index is 1.49. The highest BCUT2D eigenvalue weighted by molar-refractivity contribution is 5.74. The standard InChI is InChI=1S/C20H24N2O3/c1-24-18-9-7-15(8-10-18)13-21-19(23)22-14-20(25-2)11-16-5-3-4-6-17(16)12-20/h3-10H,11-14H2,1-2H3,(H2,21,22,23).